The van der Waals surface area contributed by atoms with Crippen LogP contribution in [0.4, 0.5) is 0 Å². The normalized spacial score (nSPS) is 19.1. The van der Waals surface area contributed by atoms with Gasteiger partial charge < -0.3 is 5.73 Å². The second-order valence-corrected chi connectivity index (χ2v) is 4.65. The summed E-state index contributed by atoms with van der Waals surface area (Å²) in [5, 5.41) is 0.815. The molecule has 1 nitrogen and oxygen atoms in total. The molecule has 0 heterocycles. The summed E-state index contributed by atoms with van der Waals surface area (Å²) in [4.78, 5) is 0. The first kappa shape index (κ1) is 10.0. The summed E-state index contributed by atoms with van der Waals surface area (Å²) in [6.07, 6.45) is 3.83. The molecule has 1 aliphatic rings. The van der Waals surface area contributed by atoms with Crippen LogP contribution in [0.5, 0.6) is 0 Å². The van der Waals surface area contributed by atoms with Crippen molar-refractivity contribution >= 4 is 11.6 Å². The fraction of sp³-hybridized carbons (Fsp3) is 0.500. The van der Waals surface area contributed by atoms with E-state index in [1.54, 1.807) is 0 Å². The molecule has 0 bridgehead atoms. The van der Waals surface area contributed by atoms with Gasteiger partial charge in [-0.25, -0.2) is 0 Å². The number of rotatable bonds is 2. The van der Waals surface area contributed by atoms with Crippen LogP contribution >= 0.6 is 11.6 Å². The molecule has 1 aliphatic carbocycles. The summed E-state index contributed by atoms with van der Waals surface area (Å²) < 4.78 is 0. The second kappa shape index (κ2) is 3.92. The predicted molar refractivity (Wildman–Crippen MR) is 60.5 cm³/mol. The quantitative estimate of drug-likeness (QED) is 0.794. The summed E-state index contributed by atoms with van der Waals surface area (Å²) in [7, 11) is 0. The minimum Gasteiger partial charge on any atom is -0.324 e. The Balaban J connectivity index is 2.24. The van der Waals surface area contributed by atoms with E-state index in [9.17, 15) is 0 Å². The summed E-state index contributed by atoms with van der Waals surface area (Å²) in [6, 6.07) is 6.23. The van der Waals surface area contributed by atoms with Gasteiger partial charge in [0.1, 0.15) is 0 Å². The van der Waals surface area contributed by atoms with E-state index in [0.717, 1.165) is 10.6 Å². The molecular weight excluding hydrogens is 194 g/mol. The van der Waals surface area contributed by atoms with Crippen LogP contribution in [0.3, 0.4) is 0 Å². The highest BCUT2D eigenvalue weighted by Crippen LogP contribution is 2.38. The van der Waals surface area contributed by atoms with Gasteiger partial charge in [0, 0.05) is 11.1 Å². The molecule has 0 saturated heterocycles. The van der Waals surface area contributed by atoms with Gasteiger partial charge in [0.2, 0.25) is 0 Å². The number of halogens is 1. The monoisotopic (exact) mass is 209 g/mol. The smallest absolute Gasteiger partial charge is 0.0454 e. The SMILES string of the molecule is Cc1ccc(Cl)c(C(N)C2CCC2)c1. The maximum atomic E-state index is 6.19. The van der Waals surface area contributed by atoms with Crippen molar-refractivity contribution in [2.24, 2.45) is 11.7 Å². The van der Waals surface area contributed by atoms with Gasteiger partial charge in [-0.05, 0) is 37.3 Å². The minimum absolute atomic E-state index is 0.135. The largest absolute Gasteiger partial charge is 0.324 e. The van der Waals surface area contributed by atoms with E-state index in [1.807, 2.05) is 12.1 Å². The summed E-state index contributed by atoms with van der Waals surface area (Å²) in [5.74, 6) is 0.647. The molecule has 0 spiro atoms. The Labute approximate surface area is 90.3 Å². The van der Waals surface area contributed by atoms with Crippen LogP contribution in [0, 0.1) is 12.8 Å². The van der Waals surface area contributed by atoms with E-state index in [-0.39, 0.29) is 6.04 Å². The second-order valence-electron chi connectivity index (χ2n) is 4.24. The van der Waals surface area contributed by atoms with Crippen LogP contribution in [-0.4, -0.2) is 0 Å². The van der Waals surface area contributed by atoms with Crippen molar-refractivity contribution in [3.8, 4) is 0 Å². The molecule has 1 fully saturated rings. The topological polar surface area (TPSA) is 26.0 Å². The van der Waals surface area contributed by atoms with Crippen LogP contribution in [0.15, 0.2) is 18.2 Å². The van der Waals surface area contributed by atoms with Crippen LogP contribution < -0.4 is 5.73 Å². The molecule has 1 unspecified atom stereocenters. The molecule has 2 N–H and O–H groups in total. The number of hydrogen-bond donors (Lipinski definition) is 1. The number of benzene rings is 1. The fourth-order valence-electron chi connectivity index (χ4n) is 1.97. The third-order valence-corrected chi connectivity index (χ3v) is 3.51. The third-order valence-electron chi connectivity index (χ3n) is 3.17. The number of hydrogen-bond acceptors (Lipinski definition) is 1. The molecule has 0 aliphatic heterocycles. The Bertz CT molecular complexity index is 331. The van der Waals surface area contributed by atoms with E-state index in [2.05, 4.69) is 13.0 Å². The lowest BCUT2D eigenvalue weighted by atomic mass is 9.77. The van der Waals surface area contributed by atoms with Crippen molar-refractivity contribution in [3.63, 3.8) is 0 Å². The highest BCUT2D eigenvalue weighted by molar-refractivity contribution is 6.31. The first-order valence-corrected chi connectivity index (χ1v) is 5.58. The molecule has 14 heavy (non-hydrogen) atoms. The molecule has 2 rings (SSSR count). The molecular formula is C12H16ClN. The highest BCUT2D eigenvalue weighted by Gasteiger charge is 2.26. The number of nitrogens with two attached hydrogens (primary N) is 1. The Morgan fingerprint density at radius 2 is 2.14 bits per heavy atom. The molecule has 0 radical (unpaired) electrons. The zero-order valence-electron chi connectivity index (χ0n) is 8.46. The standard InChI is InChI=1S/C12H16ClN/c1-8-5-6-11(13)10(7-8)12(14)9-3-2-4-9/h5-7,9,12H,2-4,14H2,1H3. The van der Waals surface area contributed by atoms with Crippen molar-refractivity contribution in [1.29, 1.82) is 0 Å². The Morgan fingerprint density at radius 1 is 1.43 bits per heavy atom. The van der Waals surface area contributed by atoms with Gasteiger partial charge in [-0.1, -0.05) is 35.7 Å². The van der Waals surface area contributed by atoms with E-state index in [0.29, 0.717) is 5.92 Å². The lowest BCUT2D eigenvalue weighted by Crippen LogP contribution is -2.27. The fourth-order valence-corrected chi connectivity index (χ4v) is 2.22. The maximum absolute atomic E-state index is 6.19. The molecule has 0 aromatic heterocycles. The van der Waals surface area contributed by atoms with Gasteiger partial charge in [0.05, 0.1) is 0 Å². The van der Waals surface area contributed by atoms with Gasteiger partial charge in [-0.2, -0.15) is 0 Å². The lowest BCUT2D eigenvalue weighted by Gasteiger charge is -2.32. The van der Waals surface area contributed by atoms with Crippen molar-refractivity contribution in [3.05, 3.63) is 34.3 Å². The molecule has 0 amide bonds. The molecule has 1 saturated carbocycles. The van der Waals surface area contributed by atoms with E-state index < -0.39 is 0 Å². The molecule has 1 aromatic rings. The Morgan fingerprint density at radius 3 is 2.71 bits per heavy atom. The average Bonchev–Trinajstić information content (AvgIpc) is 2.06. The maximum Gasteiger partial charge on any atom is 0.0454 e. The molecule has 1 aromatic carbocycles. The summed E-state index contributed by atoms with van der Waals surface area (Å²) in [6.45, 7) is 2.08. The molecule has 1 atom stereocenters. The lowest BCUT2D eigenvalue weighted by molar-refractivity contribution is 0.264. The van der Waals surface area contributed by atoms with Crippen LogP contribution in [-0.2, 0) is 0 Å². The van der Waals surface area contributed by atoms with Gasteiger partial charge in [-0.3, -0.25) is 0 Å². The van der Waals surface area contributed by atoms with E-state index in [4.69, 9.17) is 17.3 Å². The highest BCUT2D eigenvalue weighted by atomic mass is 35.5. The van der Waals surface area contributed by atoms with Gasteiger partial charge >= 0.3 is 0 Å². The first-order chi connectivity index (χ1) is 6.68. The zero-order valence-corrected chi connectivity index (χ0v) is 9.22. The van der Waals surface area contributed by atoms with Crippen LogP contribution in [0.25, 0.3) is 0 Å². The van der Waals surface area contributed by atoms with Crippen molar-refractivity contribution in [2.75, 3.05) is 0 Å². The molecule has 76 valence electrons. The molecule has 2 heteroatoms. The van der Waals surface area contributed by atoms with Crippen LogP contribution in [0.2, 0.25) is 5.02 Å². The Kier molecular flexibility index (Phi) is 2.80. The van der Waals surface area contributed by atoms with Gasteiger partial charge in [0.25, 0.3) is 0 Å². The van der Waals surface area contributed by atoms with Gasteiger partial charge in [0.15, 0.2) is 0 Å². The minimum atomic E-state index is 0.135. The van der Waals surface area contributed by atoms with Crippen LogP contribution in [0.1, 0.15) is 36.4 Å². The summed E-state index contributed by atoms with van der Waals surface area (Å²) >= 11 is 6.14. The predicted octanol–water partition coefficient (Wildman–Crippen LogP) is 3.45. The van der Waals surface area contributed by atoms with E-state index in [1.165, 1.54) is 24.8 Å². The third kappa shape index (κ3) is 1.79. The van der Waals surface area contributed by atoms with Crippen molar-refractivity contribution in [1.82, 2.24) is 0 Å². The van der Waals surface area contributed by atoms with E-state index >= 15 is 0 Å². The van der Waals surface area contributed by atoms with Crippen molar-refractivity contribution < 1.29 is 0 Å². The summed E-state index contributed by atoms with van der Waals surface area (Å²) in [5.41, 5.74) is 8.54. The average molecular weight is 210 g/mol. The van der Waals surface area contributed by atoms with Gasteiger partial charge in [-0.15, -0.1) is 0 Å². The Hall–Kier alpha value is -0.530. The zero-order chi connectivity index (χ0) is 10.1. The first-order valence-electron chi connectivity index (χ1n) is 5.20. The van der Waals surface area contributed by atoms with Crippen molar-refractivity contribution in [2.45, 2.75) is 32.2 Å². The number of aryl methyl sites for hydroxylation is 1.